The molecule has 0 saturated carbocycles. The van der Waals surface area contributed by atoms with E-state index in [1.54, 1.807) is 0 Å². The number of carbonyl (C=O) groups is 2. The molecule has 0 atom stereocenters. The predicted molar refractivity (Wildman–Crippen MR) is 67.4 cm³/mol. The van der Waals surface area contributed by atoms with Crippen LogP contribution in [0.15, 0.2) is 0 Å². The van der Waals surface area contributed by atoms with Crippen LogP contribution in [0.2, 0.25) is 0 Å². The number of carboxylic acid groups (broad SMARTS) is 1. The van der Waals surface area contributed by atoms with Crippen molar-refractivity contribution >= 4 is 24.3 Å². The summed E-state index contributed by atoms with van der Waals surface area (Å²) < 4.78 is 0. The first-order valence-electron chi connectivity index (χ1n) is 5.89. The molecule has 1 heterocycles. The van der Waals surface area contributed by atoms with Gasteiger partial charge in [0.2, 0.25) is 5.91 Å². The van der Waals surface area contributed by atoms with Crippen LogP contribution in [0.25, 0.3) is 0 Å². The summed E-state index contributed by atoms with van der Waals surface area (Å²) in [6.45, 7) is 1.93. The first-order valence-corrected chi connectivity index (χ1v) is 5.89. The molecule has 0 radical (unpaired) electrons. The minimum Gasteiger partial charge on any atom is -0.480 e. The van der Waals surface area contributed by atoms with Gasteiger partial charge in [-0.25, -0.2) is 0 Å². The summed E-state index contributed by atoms with van der Waals surface area (Å²) in [5.41, 5.74) is 0. The normalized spacial score (nSPS) is 17.4. The monoisotopic (exact) mass is 264 g/mol. The van der Waals surface area contributed by atoms with Crippen LogP contribution < -0.4 is 5.32 Å². The molecule has 1 saturated heterocycles. The van der Waals surface area contributed by atoms with Gasteiger partial charge in [-0.15, -0.1) is 12.4 Å². The van der Waals surface area contributed by atoms with Gasteiger partial charge in [0.05, 0.1) is 6.54 Å². The molecule has 1 amide bonds. The number of halogens is 1. The van der Waals surface area contributed by atoms with Crippen LogP contribution in [-0.4, -0.2) is 48.1 Å². The molecular formula is C11H21ClN2O3. The van der Waals surface area contributed by atoms with E-state index in [-0.39, 0.29) is 24.9 Å². The van der Waals surface area contributed by atoms with E-state index in [0.717, 1.165) is 25.9 Å². The lowest BCUT2D eigenvalue weighted by Gasteiger charge is -2.23. The number of nitrogens with zero attached hydrogens (tertiary/aromatic N) is 1. The van der Waals surface area contributed by atoms with Crippen molar-refractivity contribution in [3.05, 3.63) is 0 Å². The summed E-state index contributed by atoms with van der Waals surface area (Å²) >= 11 is 0. The molecule has 0 aromatic heterocycles. The third-order valence-corrected chi connectivity index (χ3v) is 2.75. The molecule has 6 heteroatoms. The Bertz CT molecular complexity index is 241. The standard InChI is InChI=1S/C11H20N2O3.ClH/c14-10(12-8-11(15)16)9-13-6-4-2-1-3-5-7-13;/h1-9H2,(H,12,14)(H,15,16);1H. The van der Waals surface area contributed by atoms with Crippen molar-refractivity contribution in [3.8, 4) is 0 Å². The van der Waals surface area contributed by atoms with Crippen molar-refractivity contribution in [2.45, 2.75) is 32.1 Å². The lowest BCUT2D eigenvalue weighted by atomic mass is 10.1. The fourth-order valence-corrected chi connectivity index (χ4v) is 1.90. The summed E-state index contributed by atoms with van der Waals surface area (Å²) in [6, 6.07) is 0. The molecule has 1 aliphatic heterocycles. The maximum atomic E-state index is 11.4. The van der Waals surface area contributed by atoms with E-state index < -0.39 is 5.97 Å². The SMILES string of the molecule is Cl.O=C(O)CNC(=O)CN1CCCCCCC1. The van der Waals surface area contributed by atoms with Crippen LogP contribution in [0.5, 0.6) is 0 Å². The first kappa shape index (κ1) is 16.2. The molecule has 17 heavy (non-hydrogen) atoms. The molecule has 0 bridgehead atoms. The highest BCUT2D eigenvalue weighted by Gasteiger charge is 2.12. The quantitative estimate of drug-likeness (QED) is 0.791. The predicted octanol–water partition coefficient (Wildman–Crippen LogP) is 0.875. The van der Waals surface area contributed by atoms with Gasteiger partial charge in [-0.1, -0.05) is 19.3 Å². The average Bonchev–Trinajstić information content (AvgIpc) is 2.19. The fourth-order valence-electron chi connectivity index (χ4n) is 1.90. The molecule has 100 valence electrons. The second-order valence-electron chi connectivity index (χ2n) is 4.21. The van der Waals surface area contributed by atoms with Gasteiger partial charge in [-0.05, 0) is 25.9 Å². The Hall–Kier alpha value is -0.810. The Labute approximate surface area is 108 Å². The smallest absolute Gasteiger partial charge is 0.322 e. The number of likely N-dealkylation sites (tertiary alicyclic amines) is 1. The van der Waals surface area contributed by atoms with E-state index in [1.165, 1.54) is 19.3 Å². The number of carbonyl (C=O) groups excluding carboxylic acids is 1. The Morgan fingerprint density at radius 3 is 2.12 bits per heavy atom. The molecule has 1 rings (SSSR count). The summed E-state index contributed by atoms with van der Waals surface area (Å²) in [5.74, 6) is -1.19. The van der Waals surface area contributed by atoms with E-state index in [1.807, 2.05) is 0 Å². The van der Waals surface area contributed by atoms with E-state index >= 15 is 0 Å². The fraction of sp³-hybridized carbons (Fsp3) is 0.818. The number of hydrogen-bond acceptors (Lipinski definition) is 3. The van der Waals surface area contributed by atoms with Crippen molar-refractivity contribution in [2.24, 2.45) is 0 Å². The van der Waals surface area contributed by atoms with E-state index in [4.69, 9.17) is 5.11 Å². The van der Waals surface area contributed by atoms with Crippen molar-refractivity contribution in [1.29, 1.82) is 0 Å². The summed E-state index contributed by atoms with van der Waals surface area (Å²) in [5, 5.41) is 10.8. The maximum absolute atomic E-state index is 11.4. The minimum atomic E-state index is -0.999. The van der Waals surface area contributed by atoms with Crippen molar-refractivity contribution in [1.82, 2.24) is 10.2 Å². The van der Waals surface area contributed by atoms with E-state index in [0.29, 0.717) is 6.54 Å². The van der Waals surface area contributed by atoms with Crippen LogP contribution in [0.3, 0.4) is 0 Å². The van der Waals surface area contributed by atoms with Crippen LogP contribution in [0.1, 0.15) is 32.1 Å². The number of hydrogen-bond donors (Lipinski definition) is 2. The average molecular weight is 265 g/mol. The van der Waals surface area contributed by atoms with Gasteiger partial charge in [-0.2, -0.15) is 0 Å². The Kier molecular flexibility index (Phi) is 8.80. The molecule has 0 unspecified atom stereocenters. The van der Waals surface area contributed by atoms with Gasteiger partial charge in [0.15, 0.2) is 0 Å². The van der Waals surface area contributed by atoms with Gasteiger partial charge in [0, 0.05) is 0 Å². The van der Waals surface area contributed by atoms with Crippen molar-refractivity contribution < 1.29 is 14.7 Å². The topological polar surface area (TPSA) is 69.6 Å². The highest BCUT2D eigenvalue weighted by molar-refractivity contribution is 5.85. The Morgan fingerprint density at radius 2 is 1.59 bits per heavy atom. The third-order valence-electron chi connectivity index (χ3n) is 2.75. The first-order chi connectivity index (χ1) is 7.68. The van der Waals surface area contributed by atoms with Gasteiger partial charge in [-0.3, -0.25) is 14.5 Å². The summed E-state index contributed by atoms with van der Waals surface area (Å²) in [4.78, 5) is 23.8. The lowest BCUT2D eigenvalue weighted by molar-refractivity contribution is -0.138. The number of aliphatic carboxylic acids is 1. The largest absolute Gasteiger partial charge is 0.480 e. The third kappa shape index (κ3) is 7.99. The van der Waals surface area contributed by atoms with Crippen LogP contribution >= 0.6 is 12.4 Å². The van der Waals surface area contributed by atoms with Gasteiger partial charge in [0.25, 0.3) is 0 Å². The lowest BCUT2D eigenvalue weighted by Crippen LogP contribution is -2.40. The molecule has 5 nitrogen and oxygen atoms in total. The Balaban J connectivity index is 0.00000256. The van der Waals surface area contributed by atoms with Gasteiger partial charge in [0.1, 0.15) is 6.54 Å². The second-order valence-corrected chi connectivity index (χ2v) is 4.21. The molecular weight excluding hydrogens is 244 g/mol. The summed E-state index contributed by atoms with van der Waals surface area (Å²) in [6.07, 6.45) is 6.01. The molecule has 0 aromatic rings. The second kappa shape index (κ2) is 9.24. The minimum absolute atomic E-state index is 0. The van der Waals surface area contributed by atoms with Crippen LogP contribution in [0.4, 0.5) is 0 Å². The number of amides is 1. The van der Waals surface area contributed by atoms with Crippen molar-refractivity contribution in [2.75, 3.05) is 26.2 Å². The number of carboxylic acids is 1. The molecule has 0 spiro atoms. The van der Waals surface area contributed by atoms with E-state index in [9.17, 15) is 9.59 Å². The maximum Gasteiger partial charge on any atom is 0.322 e. The van der Waals surface area contributed by atoms with Crippen molar-refractivity contribution in [3.63, 3.8) is 0 Å². The molecule has 1 aliphatic rings. The van der Waals surface area contributed by atoms with Crippen LogP contribution in [-0.2, 0) is 9.59 Å². The zero-order valence-electron chi connectivity index (χ0n) is 9.98. The Morgan fingerprint density at radius 1 is 1.06 bits per heavy atom. The molecule has 2 N–H and O–H groups in total. The highest BCUT2D eigenvalue weighted by atomic mass is 35.5. The zero-order valence-corrected chi connectivity index (χ0v) is 10.8. The van der Waals surface area contributed by atoms with E-state index in [2.05, 4.69) is 10.2 Å². The van der Waals surface area contributed by atoms with Gasteiger partial charge >= 0.3 is 5.97 Å². The van der Waals surface area contributed by atoms with Crippen LogP contribution in [0, 0.1) is 0 Å². The number of nitrogens with one attached hydrogen (secondary N) is 1. The summed E-state index contributed by atoms with van der Waals surface area (Å²) in [7, 11) is 0. The molecule has 1 fully saturated rings. The number of rotatable bonds is 4. The molecule has 0 aliphatic carbocycles. The van der Waals surface area contributed by atoms with Gasteiger partial charge < -0.3 is 10.4 Å². The molecule has 0 aromatic carbocycles. The zero-order chi connectivity index (χ0) is 11.8. The highest BCUT2D eigenvalue weighted by Crippen LogP contribution is 2.09.